The standard InChI is InChI=1S/C13H17NO4S/c1-10-4-6-11(7-5-10)19(15,16)18-13(9-14)12-3-2-8-17-12/h2-7,12-13H,8-9,14H2,1H3/t12-,13?/m0/s1. The highest BCUT2D eigenvalue weighted by molar-refractivity contribution is 7.86. The van der Waals surface area contributed by atoms with E-state index in [0.29, 0.717) is 6.61 Å². The second kappa shape index (κ2) is 5.83. The number of benzene rings is 1. The molecule has 5 nitrogen and oxygen atoms in total. The van der Waals surface area contributed by atoms with E-state index in [1.54, 1.807) is 18.2 Å². The molecule has 6 heteroatoms. The van der Waals surface area contributed by atoms with Crippen molar-refractivity contribution < 1.29 is 17.3 Å². The summed E-state index contributed by atoms with van der Waals surface area (Å²) in [7, 11) is -3.82. The van der Waals surface area contributed by atoms with Crippen LogP contribution in [0.3, 0.4) is 0 Å². The van der Waals surface area contributed by atoms with Crippen LogP contribution in [-0.4, -0.2) is 33.8 Å². The minimum atomic E-state index is -3.82. The smallest absolute Gasteiger partial charge is 0.297 e. The quantitative estimate of drug-likeness (QED) is 0.644. The van der Waals surface area contributed by atoms with Crippen LogP contribution < -0.4 is 5.73 Å². The number of aryl methyl sites for hydroxylation is 1. The largest absolute Gasteiger partial charge is 0.367 e. The molecule has 1 aliphatic heterocycles. The van der Waals surface area contributed by atoms with E-state index in [9.17, 15) is 8.42 Å². The van der Waals surface area contributed by atoms with Crippen LogP contribution in [0.25, 0.3) is 0 Å². The molecule has 0 aromatic heterocycles. The highest BCUT2D eigenvalue weighted by Gasteiger charge is 2.28. The van der Waals surface area contributed by atoms with Crippen molar-refractivity contribution in [2.24, 2.45) is 5.73 Å². The van der Waals surface area contributed by atoms with E-state index in [0.717, 1.165) is 5.56 Å². The minimum Gasteiger partial charge on any atom is -0.367 e. The zero-order chi connectivity index (χ0) is 13.9. The van der Waals surface area contributed by atoms with Crippen molar-refractivity contribution in [1.29, 1.82) is 0 Å². The summed E-state index contributed by atoms with van der Waals surface area (Å²) in [6.45, 7) is 2.41. The van der Waals surface area contributed by atoms with Gasteiger partial charge in [-0.3, -0.25) is 4.18 Å². The Morgan fingerprint density at radius 3 is 2.63 bits per heavy atom. The summed E-state index contributed by atoms with van der Waals surface area (Å²) in [6, 6.07) is 6.48. The Kier molecular flexibility index (Phi) is 4.36. The van der Waals surface area contributed by atoms with Crippen molar-refractivity contribution in [3.05, 3.63) is 42.0 Å². The van der Waals surface area contributed by atoms with Crippen LogP contribution in [-0.2, 0) is 19.0 Å². The highest BCUT2D eigenvalue weighted by atomic mass is 32.2. The third-order valence-electron chi connectivity index (χ3n) is 2.87. The number of nitrogens with two attached hydrogens (primary N) is 1. The second-order valence-corrected chi connectivity index (χ2v) is 5.94. The Hall–Kier alpha value is -1.21. The predicted octanol–water partition coefficient (Wildman–Crippen LogP) is 0.983. The van der Waals surface area contributed by atoms with Crippen LogP contribution in [0.2, 0.25) is 0 Å². The maximum absolute atomic E-state index is 12.1. The fourth-order valence-electron chi connectivity index (χ4n) is 1.79. The summed E-state index contributed by atoms with van der Waals surface area (Å²) < 4.78 is 34.7. The van der Waals surface area contributed by atoms with E-state index in [1.807, 2.05) is 13.0 Å². The van der Waals surface area contributed by atoms with Gasteiger partial charge in [0.15, 0.2) is 0 Å². The van der Waals surface area contributed by atoms with Gasteiger partial charge in [0.2, 0.25) is 0 Å². The molecule has 0 aliphatic carbocycles. The van der Waals surface area contributed by atoms with Gasteiger partial charge in [-0.1, -0.05) is 29.8 Å². The van der Waals surface area contributed by atoms with Gasteiger partial charge in [0.05, 0.1) is 11.5 Å². The molecule has 0 radical (unpaired) electrons. The van der Waals surface area contributed by atoms with Gasteiger partial charge in [0.1, 0.15) is 12.2 Å². The van der Waals surface area contributed by atoms with Crippen LogP contribution >= 0.6 is 0 Å². The third-order valence-corrected chi connectivity index (χ3v) is 4.22. The van der Waals surface area contributed by atoms with Gasteiger partial charge >= 0.3 is 0 Å². The van der Waals surface area contributed by atoms with Gasteiger partial charge in [-0.25, -0.2) is 0 Å². The molecule has 0 saturated heterocycles. The lowest BCUT2D eigenvalue weighted by atomic mass is 10.2. The van der Waals surface area contributed by atoms with Crippen molar-refractivity contribution in [2.75, 3.05) is 13.2 Å². The van der Waals surface area contributed by atoms with Gasteiger partial charge in [-0.15, -0.1) is 0 Å². The third kappa shape index (κ3) is 3.42. The lowest BCUT2D eigenvalue weighted by molar-refractivity contribution is 0.0352. The van der Waals surface area contributed by atoms with Gasteiger partial charge in [-0.2, -0.15) is 8.42 Å². The Bertz CT molecular complexity index is 551. The van der Waals surface area contributed by atoms with Crippen molar-refractivity contribution in [3.63, 3.8) is 0 Å². The van der Waals surface area contributed by atoms with Gasteiger partial charge in [-0.05, 0) is 19.1 Å². The van der Waals surface area contributed by atoms with E-state index < -0.39 is 22.3 Å². The Morgan fingerprint density at radius 1 is 1.42 bits per heavy atom. The molecule has 104 valence electrons. The lowest BCUT2D eigenvalue weighted by Crippen LogP contribution is -2.37. The van der Waals surface area contributed by atoms with Crippen LogP contribution in [0, 0.1) is 6.92 Å². The average Bonchev–Trinajstić information content (AvgIpc) is 2.90. The number of hydrogen-bond donors (Lipinski definition) is 1. The molecule has 0 bridgehead atoms. The molecule has 0 spiro atoms. The van der Waals surface area contributed by atoms with E-state index in [4.69, 9.17) is 14.7 Å². The Morgan fingerprint density at radius 2 is 2.11 bits per heavy atom. The van der Waals surface area contributed by atoms with Gasteiger partial charge in [0, 0.05) is 6.54 Å². The molecule has 19 heavy (non-hydrogen) atoms. The average molecular weight is 283 g/mol. The first-order valence-electron chi connectivity index (χ1n) is 6.01. The molecule has 1 aromatic rings. The molecule has 0 saturated carbocycles. The Balaban J connectivity index is 2.15. The molecule has 0 amide bonds. The number of rotatable bonds is 5. The van der Waals surface area contributed by atoms with Crippen molar-refractivity contribution >= 4 is 10.1 Å². The topological polar surface area (TPSA) is 78.6 Å². The predicted molar refractivity (Wildman–Crippen MR) is 71.2 cm³/mol. The fourth-order valence-corrected chi connectivity index (χ4v) is 2.89. The minimum absolute atomic E-state index is 0.0695. The SMILES string of the molecule is Cc1ccc(S(=O)(=O)OC(CN)[C@@H]2C=CCO2)cc1. The highest BCUT2D eigenvalue weighted by Crippen LogP contribution is 2.19. The molecular weight excluding hydrogens is 266 g/mol. The summed E-state index contributed by atoms with van der Waals surface area (Å²) in [4.78, 5) is 0.124. The van der Waals surface area contributed by atoms with E-state index in [-0.39, 0.29) is 11.4 Å². The molecule has 1 aromatic carbocycles. The molecular formula is C13H17NO4S. The molecule has 1 heterocycles. The van der Waals surface area contributed by atoms with Crippen LogP contribution in [0.15, 0.2) is 41.3 Å². The van der Waals surface area contributed by atoms with Crippen LogP contribution in [0.5, 0.6) is 0 Å². The molecule has 1 aliphatic rings. The number of ether oxygens (including phenoxy) is 1. The van der Waals surface area contributed by atoms with Gasteiger partial charge < -0.3 is 10.5 Å². The summed E-state index contributed by atoms with van der Waals surface area (Å²) in [5.74, 6) is 0. The zero-order valence-corrected chi connectivity index (χ0v) is 11.5. The van der Waals surface area contributed by atoms with Crippen molar-refractivity contribution in [2.45, 2.75) is 24.0 Å². The number of hydrogen-bond acceptors (Lipinski definition) is 5. The second-order valence-electron chi connectivity index (χ2n) is 4.36. The first-order chi connectivity index (χ1) is 9.03. The fraction of sp³-hybridized carbons (Fsp3) is 0.385. The monoisotopic (exact) mass is 283 g/mol. The maximum Gasteiger partial charge on any atom is 0.297 e. The zero-order valence-electron chi connectivity index (χ0n) is 10.7. The normalized spacial score (nSPS) is 20.6. The van der Waals surface area contributed by atoms with E-state index >= 15 is 0 Å². The van der Waals surface area contributed by atoms with E-state index in [2.05, 4.69) is 0 Å². The first-order valence-corrected chi connectivity index (χ1v) is 7.42. The first kappa shape index (κ1) is 14.2. The van der Waals surface area contributed by atoms with Crippen molar-refractivity contribution in [3.8, 4) is 0 Å². The van der Waals surface area contributed by atoms with E-state index in [1.165, 1.54) is 12.1 Å². The van der Waals surface area contributed by atoms with Crippen LogP contribution in [0.4, 0.5) is 0 Å². The summed E-state index contributed by atoms with van der Waals surface area (Å²) in [5.41, 5.74) is 6.54. The maximum atomic E-state index is 12.1. The molecule has 1 unspecified atom stereocenters. The lowest BCUT2D eigenvalue weighted by Gasteiger charge is -2.20. The van der Waals surface area contributed by atoms with Crippen LogP contribution in [0.1, 0.15) is 5.56 Å². The molecule has 2 atom stereocenters. The summed E-state index contributed by atoms with van der Waals surface area (Å²) in [6.07, 6.45) is 2.47. The summed E-state index contributed by atoms with van der Waals surface area (Å²) >= 11 is 0. The van der Waals surface area contributed by atoms with Crippen molar-refractivity contribution in [1.82, 2.24) is 0 Å². The molecule has 2 N–H and O–H groups in total. The van der Waals surface area contributed by atoms with Gasteiger partial charge in [0.25, 0.3) is 10.1 Å². The summed E-state index contributed by atoms with van der Waals surface area (Å²) in [5, 5.41) is 0. The Labute approximate surface area is 113 Å². The molecule has 2 rings (SSSR count). The molecule has 0 fully saturated rings.